The molecule has 1 saturated heterocycles. The molecule has 3 aromatic rings. The Labute approximate surface area is 135 Å². The Morgan fingerprint density at radius 2 is 2.04 bits per heavy atom. The molecule has 4 nitrogen and oxygen atoms in total. The van der Waals surface area contributed by atoms with Gasteiger partial charge in [0.1, 0.15) is 0 Å². The number of likely N-dealkylation sites (N-methyl/N-ethyl adjacent to an activating group) is 1. The van der Waals surface area contributed by atoms with Crippen LogP contribution in [-0.4, -0.2) is 42.0 Å². The predicted octanol–water partition coefficient (Wildman–Crippen LogP) is 2.82. The lowest BCUT2D eigenvalue weighted by atomic mass is 9.99. The second-order valence-electron chi connectivity index (χ2n) is 6.11. The number of hydrogen-bond acceptors (Lipinski definition) is 3. The summed E-state index contributed by atoms with van der Waals surface area (Å²) in [5.41, 5.74) is 1.47. The first kappa shape index (κ1) is 14.2. The average Bonchev–Trinajstić information content (AvgIpc) is 3.14. The fourth-order valence-corrected chi connectivity index (χ4v) is 3.42. The first-order valence-corrected chi connectivity index (χ1v) is 8.00. The summed E-state index contributed by atoms with van der Waals surface area (Å²) >= 11 is 0. The molecule has 1 unspecified atom stereocenters. The lowest BCUT2D eigenvalue weighted by Gasteiger charge is -2.24. The number of nitrogens with one attached hydrogen (secondary N) is 1. The van der Waals surface area contributed by atoms with Gasteiger partial charge < -0.3 is 10.2 Å². The van der Waals surface area contributed by atoms with Gasteiger partial charge in [-0.25, -0.2) is 0 Å². The molecule has 116 valence electrons. The van der Waals surface area contributed by atoms with Gasteiger partial charge in [0, 0.05) is 31.2 Å². The Morgan fingerprint density at radius 1 is 1.22 bits per heavy atom. The summed E-state index contributed by atoms with van der Waals surface area (Å²) in [5.74, 6) is 0.0492. The van der Waals surface area contributed by atoms with Gasteiger partial charge in [-0.1, -0.05) is 30.3 Å². The zero-order valence-electron chi connectivity index (χ0n) is 13.1. The van der Waals surface area contributed by atoms with E-state index in [0.717, 1.165) is 41.2 Å². The second kappa shape index (κ2) is 5.63. The largest absolute Gasteiger partial charge is 0.337 e. The number of aromatic nitrogens is 1. The lowest BCUT2D eigenvalue weighted by Crippen LogP contribution is -2.38. The third-order valence-corrected chi connectivity index (χ3v) is 4.75. The maximum absolute atomic E-state index is 13.0. The summed E-state index contributed by atoms with van der Waals surface area (Å²) in [7, 11) is 1.89. The minimum Gasteiger partial charge on any atom is -0.337 e. The van der Waals surface area contributed by atoms with E-state index in [1.54, 1.807) is 6.20 Å². The van der Waals surface area contributed by atoms with E-state index in [9.17, 15) is 4.79 Å². The monoisotopic (exact) mass is 305 g/mol. The van der Waals surface area contributed by atoms with Crippen LogP contribution in [-0.2, 0) is 0 Å². The van der Waals surface area contributed by atoms with Gasteiger partial charge in [0.25, 0.3) is 5.91 Å². The molecule has 2 heterocycles. The number of amides is 1. The van der Waals surface area contributed by atoms with Crippen LogP contribution in [0.1, 0.15) is 16.8 Å². The first-order valence-electron chi connectivity index (χ1n) is 8.00. The average molecular weight is 305 g/mol. The predicted molar refractivity (Wildman–Crippen MR) is 92.6 cm³/mol. The maximum atomic E-state index is 13.0. The minimum absolute atomic E-state index is 0.0492. The zero-order chi connectivity index (χ0) is 15.8. The van der Waals surface area contributed by atoms with Gasteiger partial charge in [-0.2, -0.15) is 0 Å². The molecule has 1 amide bonds. The van der Waals surface area contributed by atoms with Crippen LogP contribution in [0, 0.1) is 0 Å². The third-order valence-electron chi connectivity index (χ3n) is 4.75. The lowest BCUT2D eigenvalue weighted by molar-refractivity contribution is 0.0745. The molecule has 4 heteroatoms. The van der Waals surface area contributed by atoms with Crippen molar-refractivity contribution in [2.24, 2.45) is 0 Å². The van der Waals surface area contributed by atoms with E-state index in [0.29, 0.717) is 5.56 Å². The standard InChI is InChI=1S/C19H19N3O/c1-22(14-8-10-20-12-14)19(23)17-11-13-5-2-3-6-15(13)16-7-4-9-21-18(16)17/h2-7,9,11,14,20H,8,10,12H2,1H3. The van der Waals surface area contributed by atoms with Crippen molar-refractivity contribution in [3.63, 3.8) is 0 Å². The zero-order valence-corrected chi connectivity index (χ0v) is 13.1. The maximum Gasteiger partial charge on any atom is 0.256 e. The van der Waals surface area contributed by atoms with Gasteiger partial charge in [0.2, 0.25) is 0 Å². The number of fused-ring (bicyclic) bond motifs is 3. The van der Waals surface area contributed by atoms with E-state index in [-0.39, 0.29) is 11.9 Å². The van der Waals surface area contributed by atoms with Crippen molar-refractivity contribution in [1.82, 2.24) is 15.2 Å². The highest BCUT2D eigenvalue weighted by Gasteiger charge is 2.25. The Balaban J connectivity index is 1.89. The van der Waals surface area contributed by atoms with E-state index in [1.165, 1.54) is 0 Å². The van der Waals surface area contributed by atoms with Gasteiger partial charge in [0.15, 0.2) is 0 Å². The van der Waals surface area contributed by atoms with E-state index in [1.807, 2.05) is 42.3 Å². The third kappa shape index (κ3) is 2.35. The normalized spacial score (nSPS) is 17.7. The summed E-state index contributed by atoms with van der Waals surface area (Å²) in [5, 5.41) is 6.57. The fourth-order valence-electron chi connectivity index (χ4n) is 3.42. The highest BCUT2D eigenvalue weighted by molar-refractivity contribution is 6.15. The van der Waals surface area contributed by atoms with E-state index >= 15 is 0 Å². The Kier molecular flexibility index (Phi) is 3.46. The van der Waals surface area contributed by atoms with E-state index < -0.39 is 0 Å². The Bertz CT molecular complexity index is 884. The Morgan fingerprint density at radius 3 is 2.87 bits per heavy atom. The molecule has 0 saturated carbocycles. The van der Waals surface area contributed by atoms with Gasteiger partial charge in [-0.3, -0.25) is 9.78 Å². The summed E-state index contributed by atoms with van der Waals surface area (Å²) in [6.07, 6.45) is 2.76. The molecule has 23 heavy (non-hydrogen) atoms. The number of carbonyl (C=O) groups is 1. The van der Waals surface area contributed by atoms with Crippen LogP contribution in [0.3, 0.4) is 0 Å². The highest BCUT2D eigenvalue weighted by Crippen LogP contribution is 2.28. The molecule has 1 fully saturated rings. The Hall–Kier alpha value is -2.46. The number of nitrogens with zero attached hydrogens (tertiary/aromatic N) is 2. The van der Waals surface area contributed by atoms with Crippen molar-refractivity contribution < 1.29 is 4.79 Å². The van der Waals surface area contributed by atoms with Crippen molar-refractivity contribution in [2.45, 2.75) is 12.5 Å². The van der Waals surface area contributed by atoms with Crippen LogP contribution < -0.4 is 5.32 Å². The first-order chi connectivity index (χ1) is 11.3. The number of carbonyl (C=O) groups excluding carboxylic acids is 1. The topological polar surface area (TPSA) is 45.2 Å². The number of hydrogen-bond donors (Lipinski definition) is 1. The van der Waals surface area contributed by atoms with Crippen molar-refractivity contribution >= 4 is 27.6 Å². The molecule has 1 aliphatic rings. The summed E-state index contributed by atoms with van der Waals surface area (Å²) in [6, 6.07) is 14.4. The van der Waals surface area contributed by atoms with Gasteiger partial charge in [-0.15, -0.1) is 0 Å². The molecule has 1 atom stereocenters. The van der Waals surface area contributed by atoms with Crippen LogP contribution in [0.25, 0.3) is 21.7 Å². The van der Waals surface area contributed by atoms with Crippen LogP contribution in [0.15, 0.2) is 48.7 Å². The number of benzene rings is 2. The molecular weight excluding hydrogens is 286 g/mol. The summed E-state index contributed by atoms with van der Waals surface area (Å²) in [4.78, 5) is 19.4. The van der Waals surface area contributed by atoms with Crippen LogP contribution >= 0.6 is 0 Å². The van der Waals surface area contributed by atoms with Crippen LogP contribution in [0.2, 0.25) is 0 Å². The van der Waals surface area contributed by atoms with Crippen molar-refractivity contribution in [1.29, 1.82) is 0 Å². The molecule has 1 aliphatic heterocycles. The molecule has 0 radical (unpaired) electrons. The summed E-state index contributed by atoms with van der Waals surface area (Å²) in [6.45, 7) is 1.83. The minimum atomic E-state index is 0.0492. The molecule has 0 aliphatic carbocycles. The molecule has 2 aromatic carbocycles. The SMILES string of the molecule is CN(C(=O)c1cc2ccccc2c2cccnc12)C1CCNC1. The van der Waals surface area contributed by atoms with Crippen LogP contribution in [0.4, 0.5) is 0 Å². The molecule has 1 N–H and O–H groups in total. The molecule has 4 rings (SSSR count). The fraction of sp³-hybridized carbons (Fsp3) is 0.263. The van der Waals surface area contributed by atoms with E-state index in [4.69, 9.17) is 0 Å². The molecule has 0 bridgehead atoms. The van der Waals surface area contributed by atoms with Crippen LogP contribution in [0.5, 0.6) is 0 Å². The smallest absolute Gasteiger partial charge is 0.256 e. The molecule has 0 spiro atoms. The van der Waals surface area contributed by atoms with Crippen molar-refractivity contribution in [3.05, 3.63) is 54.2 Å². The quantitative estimate of drug-likeness (QED) is 0.741. The van der Waals surface area contributed by atoms with Crippen molar-refractivity contribution in [3.8, 4) is 0 Å². The number of pyridine rings is 1. The van der Waals surface area contributed by atoms with E-state index in [2.05, 4.69) is 22.4 Å². The summed E-state index contributed by atoms with van der Waals surface area (Å²) < 4.78 is 0. The van der Waals surface area contributed by atoms with Crippen molar-refractivity contribution in [2.75, 3.05) is 20.1 Å². The van der Waals surface area contributed by atoms with Gasteiger partial charge >= 0.3 is 0 Å². The molecule has 1 aromatic heterocycles. The molecular formula is C19H19N3O. The van der Waals surface area contributed by atoms with Gasteiger partial charge in [0.05, 0.1) is 11.1 Å². The number of rotatable bonds is 2. The van der Waals surface area contributed by atoms with Gasteiger partial charge in [-0.05, 0) is 35.9 Å². The second-order valence-corrected chi connectivity index (χ2v) is 6.11. The highest BCUT2D eigenvalue weighted by atomic mass is 16.2.